The average Bonchev–Trinajstić information content (AvgIpc) is 2.51. The molecule has 0 aromatic rings. The van der Waals surface area contributed by atoms with Crippen LogP contribution >= 0.6 is 0 Å². The highest BCUT2D eigenvalue weighted by molar-refractivity contribution is 5.14. The molecule has 4 heterocycles. The molecule has 0 aromatic carbocycles. The molecule has 5 fully saturated rings. The van der Waals surface area contributed by atoms with Crippen molar-refractivity contribution in [1.82, 2.24) is 0 Å². The van der Waals surface area contributed by atoms with E-state index in [0.29, 0.717) is 11.8 Å². The maximum Gasteiger partial charge on any atom is 0.201 e. The van der Waals surface area contributed by atoms with Gasteiger partial charge in [-0.25, -0.2) is 9.78 Å². The van der Waals surface area contributed by atoms with Crippen molar-refractivity contribution in [2.45, 2.75) is 69.7 Å². The van der Waals surface area contributed by atoms with Crippen LogP contribution in [0.25, 0.3) is 0 Å². The molecule has 5 aliphatic rings. The Bertz CT molecular complexity index is 428. The number of rotatable bonds is 1. The number of ether oxygens (including phenoxy) is 2. The standard InChI is InChI=1S/C15H24O5/c1-9-4-5-11-13(2,8-16)17-12-15(11)10(9)6-7-14(3,18-12)19-20-15/h9-12,16H,4-8H2,1-3H3/t9-,10+,11+,12-,13-,14-,15-/m1/s1. The molecule has 5 heteroatoms. The maximum absolute atomic E-state index is 9.83. The molecule has 20 heavy (non-hydrogen) atoms. The molecule has 5 nitrogen and oxygen atoms in total. The van der Waals surface area contributed by atoms with E-state index in [1.165, 1.54) is 0 Å². The summed E-state index contributed by atoms with van der Waals surface area (Å²) in [5.41, 5.74) is -1.15. The maximum atomic E-state index is 9.83. The van der Waals surface area contributed by atoms with Crippen LogP contribution in [0.5, 0.6) is 0 Å². The first kappa shape index (κ1) is 13.5. The summed E-state index contributed by atoms with van der Waals surface area (Å²) in [7, 11) is 0. The predicted octanol–water partition coefficient (Wildman–Crippen LogP) is 1.98. The summed E-state index contributed by atoms with van der Waals surface area (Å²) in [6, 6.07) is 0. The van der Waals surface area contributed by atoms with Crippen molar-refractivity contribution >= 4 is 0 Å². The summed E-state index contributed by atoms with van der Waals surface area (Å²) in [5, 5.41) is 9.83. The van der Waals surface area contributed by atoms with E-state index in [1.54, 1.807) is 0 Å². The average molecular weight is 284 g/mol. The zero-order chi connectivity index (χ0) is 14.2. The quantitative estimate of drug-likeness (QED) is 0.746. The zero-order valence-electron chi connectivity index (χ0n) is 12.4. The molecule has 0 radical (unpaired) electrons. The molecule has 0 unspecified atom stereocenters. The van der Waals surface area contributed by atoms with Crippen molar-refractivity contribution in [3.63, 3.8) is 0 Å². The van der Waals surface area contributed by atoms with Crippen molar-refractivity contribution in [3.8, 4) is 0 Å². The van der Waals surface area contributed by atoms with Crippen LogP contribution in [0.15, 0.2) is 0 Å². The third-order valence-corrected chi connectivity index (χ3v) is 6.15. The molecule has 4 aliphatic heterocycles. The second kappa shape index (κ2) is 3.96. The minimum Gasteiger partial charge on any atom is -0.393 e. The minimum atomic E-state index is -0.724. The topological polar surface area (TPSA) is 57.2 Å². The molecule has 0 amide bonds. The molecule has 1 spiro atoms. The van der Waals surface area contributed by atoms with E-state index < -0.39 is 23.3 Å². The molecule has 5 rings (SSSR count). The summed E-state index contributed by atoms with van der Waals surface area (Å²) in [6.45, 7) is 6.15. The summed E-state index contributed by atoms with van der Waals surface area (Å²) in [4.78, 5) is 11.6. The molecular formula is C15H24O5. The van der Waals surface area contributed by atoms with Gasteiger partial charge in [0, 0.05) is 12.3 Å². The monoisotopic (exact) mass is 284 g/mol. The Morgan fingerprint density at radius 1 is 1.10 bits per heavy atom. The van der Waals surface area contributed by atoms with Crippen molar-refractivity contribution in [3.05, 3.63) is 0 Å². The first-order chi connectivity index (χ1) is 9.44. The van der Waals surface area contributed by atoms with Gasteiger partial charge in [0.15, 0.2) is 11.9 Å². The Morgan fingerprint density at radius 2 is 1.90 bits per heavy atom. The van der Waals surface area contributed by atoms with Gasteiger partial charge in [0.25, 0.3) is 0 Å². The minimum absolute atomic E-state index is 0.0134. The Balaban J connectivity index is 1.84. The Kier molecular flexibility index (Phi) is 2.66. The van der Waals surface area contributed by atoms with E-state index in [4.69, 9.17) is 19.2 Å². The summed E-state index contributed by atoms with van der Waals surface area (Å²) < 4.78 is 12.3. The first-order valence-corrected chi connectivity index (χ1v) is 7.77. The number of aliphatic hydroxyl groups is 1. The van der Waals surface area contributed by atoms with Crippen LogP contribution in [0, 0.1) is 17.8 Å². The number of hydrogen-bond acceptors (Lipinski definition) is 5. The third kappa shape index (κ3) is 1.45. The van der Waals surface area contributed by atoms with Gasteiger partial charge in [-0.3, -0.25) is 0 Å². The van der Waals surface area contributed by atoms with Gasteiger partial charge in [0.2, 0.25) is 5.79 Å². The molecule has 7 atom stereocenters. The van der Waals surface area contributed by atoms with Gasteiger partial charge in [-0.15, -0.1) is 0 Å². The number of hydrogen-bond donors (Lipinski definition) is 1. The van der Waals surface area contributed by atoms with Crippen LogP contribution in [0.2, 0.25) is 0 Å². The third-order valence-electron chi connectivity index (χ3n) is 6.15. The van der Waals surface area contributed by atoms with Gasteiger partial charge >= 0.3 is 0 Å². The fraction of sp³-hybridized carbons (Fsp3) is 1.00. The highest BCUT2D eigenvalue weighted by Gasteiger charge is 2.73. The molecular weight excluding hydrogens is 260 g/mol. The van der Waals surface area contributed by atoms with Crippen molar-refractivity contribution in [2.24, 2.45) is 17.8 Å². The van der Waals surface area contributed by atoms with Crippen LogP contribution in [-0.4, -0.2) is 35.0 Å². The van der Waals surface area contributed by atoms with Gasteiger partial charge in [-0.2, -0.15) is 0 Å². The summed E-state index contributed by atoms with van der Waals surface area (Å²) in [6.07, 6.45) is 3.54. The molecule has 1 aliphatic carbocycles. The summed E-state index contributed by atoms with van der Waals surface area (Å²) in [5.74, 6) is 0.321. The highest BCUT2D eigenvalue weighted by Crippen LogP contribution is 2.63. The summed E-state index contributed by atoms with van der Waals surface area (Å²) >= 11 is 0. The molecule has 1 saturated carbocycles. The van der Waals surface area contributed by atoms with E-state index >= 15 is 0 Å². The van der Waals surface area contributed by atoms with Crippen LogP contribution in [-0.2, 0) is 19.2 Å². The molecule has 0 aromatic heterocycles. The van der Waals surface area contributed by atoms with Crippen LogP contribution in [0.3, 0.4) is 0 Å². The SMILES string of the molecule is C[C@@H]1CC[C@@H]2[C@]34OO[C@](C)(CC[C@@H]13)O[C@H]4O[C@]2(C)CO. The van der Waals surface area contributed by atoms with Gasteiger partial charge in [0.05, 0.1) is 12.2 Å². The van der Waals surface area contributed by atoms with Crippen molar-refractivity contribution < 1.29 is 24.4 Å². The lowest BCUT2D eigenvalue weighted by Crippen LogP contribution is -2.62. The predicted molar refractivity (Wildman–Crippen MR) is 69.4 cm³/mol. The van der Waals surface area contributed by atoms with E-state index in [1.807, 2.05) is 13.8 Å². The van der Waals surface area contributed by atoms with Gasteiger partial charge < -0.3 is 14.6 Å². The number of aliphatic hydroxyl groups excluding tert-OH is 1. The lowest BCUT2D eigenvalue weighted by molar-refractivity contribution is -0.541. The van der Waals surface area contributed by atoms with Gasteiger partial charge in [-0.05, 0) is 44.9 Å². The zero-order valence-corrected chi connectivity index (χ0v) is 12.4. The molecule has 2 bridgehead atoms. The Labute approximate surface area is 119 Å². The van der Waals surface area contributed by atoms with Crippen LogP contribution in [0.1, 0.15) is 46.5 Å². The van der Waals surface area contributed by atoms with Crippen LogP contribution < -0.4 is 0 Å². The number of fused-ring (bicyclic) bond motifs is 2. The fourth-order valence-corrected chi connectivity index (χ4v) is 4.96. The van der Waals surface area contributed by atoms with Crippen molar-refractivity contribution in [2.75, 3.05) is 6.61 Å². The lowest BCUT2D eigenvalue weighted by Gasteiger charge is -2.50. The second-order valence-electron chi connectivity index (χ2n) is 7.44. The molecule has 1 N–H and O–H groups in total. The second-order valence-corrected chi connectivity index (χ2v) is 7.44. The normalized spacial score (nSPS) is 61.2. The largest absolute Gasteiger partial charge is 0.393 e. The van der Waals surface area contributed by atoms with Gasteiger partial charge in [0.1, 0.15) is 0 Å². The van der Waals surface area contributed by atoms with E-state index in [0.717, 1.165) is 25.7 Å². The fourth-order valence-electron chi connectivity index (χ4n) is 4.96. The Morgan fingerprint density at radius 3 is 2.65 bits per heavy atom. The molecule has 114 valence electrons. The van der Waals surface area contributed by atoms with E-state index in [-0.39, 0.29) is 12.5 Å². The first-order valence-electron chi connectivity index (χ1n) is 7.77. The van der Waals surface area contributed by atoms with E-state index in [2.05, 4.69) is 6.92 Å². The highest BCUT2D eigenvalue weighted by atomic mass is 17.3. The van der Waals surface area contributed by atoms with Gasteiger partial charge in [-0.1, -0.05) is 6.92 Å². The smallest absolute Gasteiger partial charge is 0.201 e. The Hall–Kier alpha value is -0.200. The van der Waals surface area contributed by atoms with Crippen molar-refractivity contribution in [1.29, 1.82) is 0 Å². The van der Waals surface area contributed by atoms with E-state index in [9.17, 15) is 5.11 Å². The lowest BCUT2D eigenvalue weighted by atomic mass is 9.60. The van der Waals surface area contributed by atoms with Crippen LogP contribution in [0.4, 0.5) is 0 Å². The molecule has 4 saturated heterocycles.